The fourth-order valence-electron chi connectivity index (χ4n) is 2.12. The van der Waals surface area contributed by atoms with Crippen LogP contribution in [0, 0.1) is 16.0 Å². The standard InChI is InChI=1S/C14H21NO2/c1-3-5-8-12(4-2)11-13-9-6-7-10-14(13)15(16)17/h6-7,9-10,12H,3-5,8,11H2,1-2H3. The van der Waals surface area contributed by atoms with Crippen LogP contribution < -0.4 is 0 Å². The van der Waals surface area contributed by atoms with Gasteiger partial charge in [-0.3, -0.25) is 10.1 Å². The Bertz CT molecular complexity index is 363. The maximum absolute atomic E-state index is 10.9. The molecule has 0 saturated carbocycles. The first kappa shape index (κ1) is 13.7. The minimum Gasteiger partial charge on any atom is -0.258 e. The van der Waals surface area contributed by atoms with Gasteiger partial charge in [-0.15, -0.1) is 0 Å². The summed E-state index contributed by atoms with van der Waals surface area (Å²) in [6, 6.07) is 7.10. The number of rotatable bonds is 7. The molecule has 0 aliphatic carbocycles. The van der Waals surface area contributed by atoms with E-state index in [1.807, 2.05) is 12.1 Å². The fourth-order valence-corrected chi connectivity index (χ4v) is 2.12. The fraction of sp³-hybridized carbons (Fsp3) is 0.571. The lowest BCUT2D eigenvalue weighted by atomic mass is 9.91. The zero-order valence-electron chi connectivity index (χ0n) is 10.7. The zero-order chi connectivity index (χ0) is 12.7. The van der Waals surface area contributed by atoms with Crippen molar-refractivity contribution in [1.82, 2.24) is 0 Å². The van der Waals surface area contributed by atoms with E-state index in [-0.39, 0.29) is 10.6 Å². The molecule has 1 rings (SSSR count). The third-order valence-corrected chi connectivity index (χ3v) is 3.24. The molecule has 0 radical (unpaired) electrons. The maximum atomic E-state index is 10.9. The number of nitro benzene ring substituents is 1. The van der Waals surface area contributed by atoms with E-state index < -0.39 is 0 Å². The molecular weight excluding hydrogens is 214 g/mol. The monoisotopic (exact) mass is 235 g/mol. The number of hydrogen-bond donors (Lipinski definition) is 0. The molecule has 0 aromatic heterocycles. The van der Waals surface area contributed by atoms with Crippen molar-refractivity contribution in [3.8, 4) is 0 Å². The Hall–Kier alpha value is -1.38. The molecule has 0 saturated heterocycles. The zero-order valence-corrected chi connectivity index (χ0v) is 10.7. The molecular formula is C14H21NO2. The highest BCUT2D eigenvalue weighted by molar-refractivity contribution is 5.39. The second-order valence-corrected chi connectivity index (χ2v) is 4.51. The van der Waals surface area contributed by atoms with Gasteiger partial charge in [0.05, 0.1) is 4.92 Å². The predicted octanol–water partition coefficient (Wildman–Crippen LogP) is 4.35. The molecule has 1 aromatic rings. The van der Waals surface area contributed by atoms with Crippen molar-refractivity contribution in [2.75, 3.05) is 0 Å². The summed E-state index contributed by atoms with van der Waals surface area (Å²) in [5.74, 6) is 0.566. The molecule has 1 unspecified atom stereocenters. The quantitative estimate of drug-likeness (QED) is 0.520. The SMILES string of the molecule is CCCCC(CC)Cc1ccccc1[N+](=O)[O-]. The van der Waals surface area contributed by atoms with E-state index >= 15 is 0 Å². The average molecular weight is 235 g/mol. The second-order valence-electron chi connectivity index (χ2n) is 4.51. The summed E-state index contributed by atoms with van der Waals surface area (Å²) in [6.07, 6.45) is 5.48. The molecule has 3 nitrogen and oxygen atoms in total. The Balaban J connectivity index is 2.75. The smallest absolute Gasteiger partial charge is 0.258 e. The number of hydrogen-bond acceptors (Lipinski definition) is 2. The van der Waals surface area contributed by atoms with Gasteiger partial charge in [-0.1, -0.05) is 57.7 Å². The Labute approximate surface area is 103 Å². The van der Waals surface area contributed by atoms with Gasteiger partial charge in [-0.2, -0.15) is 0 Å². The van der Waals surface area contributed by atoms with Gasteiger partial charge in [0, 0.05) is 11.6 Å². The van der Waals surface area contributed by atoms with Gasteiger partial charge in [0.25, 0.3) is 5.69 Å². The van der Waals surface area contributed by atoms with Crippen LogP contribution in [0.15, 0.2) is 24.3 Å². The van der Waals surface area contributed by atoms with E-state index in [2.05, 4.69) is 13.8 Å². The molecule has 0 N–H and O–H groups in total. The van der Waals surface area contributed by atoms with E-state index in [9.17, 15) is 10.1 Å². The number of para-hydroxylation sites is 1. The highest BCUT2D eigenvalue weighted by Crippen LogP contribution is 2.24. The van der Waals surface area contributed by atoms with Gasteiger partial charge in [0.15, 0.2) is 0 Å². The molecule has 0 spiro atoms. The van der Waals surface area contributed by atoms with Gasteiger partial charge in [-0.25, -0.2) is 0 Å². The lowest BCUT2D eigenvalue weighted by Gasteiger charge is -2.14. The van der Waals surface area contributed by atoms with Crippen LogP contribution in [-0.4, -0.2) is 4.92 Å². The van der Waals surface area contributed by atoms with Gasteiger partial charge < -0.3 is 0 Å². The first-order valence-corrected chi connectivity index (χ1v) is 6.41. The third-order valence-electron chi connectivity index (χ3n) is 3.24. The summed E-state index contributed by atoms with van der Waals surface area (Å²) < 4.78 is 0. The van der Waals surface area contributed by atoms with Crippen molar-refractivity contribution >= 4 is 5.69 Å². The van der Waals surface area contributed by atoms with Crippen LogP contribution in [-0.2, 0) is 6.42 Å². The van der Waals surface area contributed by atoms with Crippen LogP contribution in [0.3, 0.4) is 0 Å². The Kier molecular flexibility index (Phi) is 5.67. The first-order chi connectivity index (χ1) is 8.19. The maximum Gasteiger partial charge on any atom is 0.272 e. The Morgan fingerprint density at radius 1 is 1.29 bits per heavy atom. The summed E-state index contributed by atoms with van der Waals surface area (Å²) in [5.41, 5.74) is 1.14. The summed E-state index contributed by atoms with van der Waals surface area (Å²) in [7, 11) is 0. The molecule has 3 heteroatoms. The predicted molar refractivity (Wildman–Crippen MR) is 70.1 cm³/mol. The summed E-state index contributed by atoms with van der Waals surface area (Å²) in [5, 5.41) is 10.9. The minimum absolute atomic E-state index is 0.266. The van der Waals surface area contributed by atoms with E-state index in [0.717, 1.165) is 18.4 Å². The molecule has 0 amide bonds. The van der Waals surface area contributed by atoms with Gasteiger partial charge >= 0.3 is 0 Å². The largest absolute Gasteiger partial charge is 0.272 e. The number of nitro groups is 1. The number of benzene rings is 1. The van der Waals surface area contributed by atoms with E-state index in [0.29, 0.717) is 5.92 Å². The first-order valence-electron chi connectivity index (χ1n) is 6.41. The van der Waals surface area contributed by atoms with Crippen LogP contribution in [0.1, 0.15) is 45.1 Å². The van der Waals surface area contributed by atoms with E-state index in [1.165, 1.54) is 19.3 Å². The molecule has 17 heavy (non-hydrogen) atoms. The highest BCUT2D eigenvalue weighted by atomic mass is 16.6. The van der Waals surface area contributed by atoms with Crippen molar-refractivity contribution in [3.63, 3.8) is 0 Å². The number of unbranched alkanes of at least 4 members (excludes halogenated alkanes) is 1. The molecule has 0 heterocycles. The molecule has 0 aliphatic heterocycles. The Morgan fingerprint density at radius 2 is 2.00 bits per heavy atom. The van der Waals surface area contributed by atoms with Crippen molar-refractivity contribution < 1.29 is 4.92 Å². The topological polar surface area (TPSA) is 43.1 Å². The summed E-state index contributed by atoms with van der Waals surface area (Å²) in [6.45, 7) is 4.34. The molecule has 0 fully saturated rings. The van der Waals surface area contributed by atoms with Crippen LogP contribution >= 0.6 is 0 Å². The normalized spacial score (nSPS) is 12.4. The molecule has 0 aliphatic rings. The number of nitrogens with zero attached hydrogens (tertiary/aromatic N) is 1. The summed E-state index contributed by atoms with van der Waals surface area (Å²) >= 11 is 0. The highest BCUT2D eigenvalue weighted by Gasteiger charge is 2.15. The van der Waals surface area contributed by atoms with E-state index in [4.69, 9.17) is 0 Å². The van der Waals surface area contributed by atoms with Crippen molar-refractivity contribution in [2.45, 2.75) is 46.0 Å². The van der Waals surface area contributed by atoms with Gasteiger partial charge in [-0.05, 0) is 12.3 Å². The van der Waals surface area contributed by atoms with Gasteiger partial charge in [0.2, 0.25) is 0 Å². The van der Waals surface area contributed by atoms with Crippen LogP contribution in [0.5, 0.6) is 0 Å². The third kappa shape index (κ3) is 4.17. The van der Waals surface area contributed by atoms with Crippen LogP contribution in [0.2, 0.25) is 0 Å². The average Bonchev–Trinajstić information content (AvgIpc) is 2.34. The van der Waals surface area contributed by atoms with Crippen LogP contribution in [0.25, 0.3) is 0 Å². The molecule has 1 aromatic carbocycles. The second kappa shape index (κ2) is 7.05. The molecule has 0 bridgehead atoms. The Morgan fingerprint density at radius 3 is 2.59 bits per heavy atom. The minimum atomic E-state index is -0.276. The van der Waals surface area contributed by atoms with E-state index in [1.54, 1.807) is 12.1 Å². The lowest BCUT2D eigenvalue weighted by molar-refractivity contribution is -0.385. The van der Waals surface area contributed by atoms with Crippen LogP contribution in [0.4, 0.5) is 5.69 Å². The van der Waals surface area contributed by atoms with Crippen molar-refractivity contribution in [2.24, 2.45) is 5.92 Å². The van der Waals surface area contributed by atoms with Crippen molar-refractivity contribution in [3.05, 3.63) is 39.9 Å². The van der Waals surface area contributed by atoms with Crippen molar-refractivity contribution in [1.29, 1.82) is 0 Å². The summed E-state index contributed by atoms with van der Waals surface area (Å²) in [4.78, 5) is 10.6. The lowest BCUT2D eigenvalue weighted by Crippen LogP contribution is -2.05. The molecule has 94 valence electrons. The van der Waals surface area contributed by atoms with Gasteiger partial charge in [0.1, 0.15) is 0 Å². The molecule has 1 atom stereocenters.